The summed E-state index contributed by atoms with van der Waals surface area (Å²) >= 11 is 6.05. The number of urea groups is 1. The van der Waals surface area contributed by atoms with E-state index in [2.05, 4.69) is 5.32 Å². The molecule has 0 saturated carbocycles. The molecule has 0 atom stereocenters. The van der Waals surface area contributed by atoms with Gasteiger partial charge in [0.25, 0.3) is 11.8 Å². The minimum Gasteiger partial charge on any atom is -0.273 e. The molecule has 25 heavy (non-hydrogen) atoms. The number of amides is 4. The summed E-state index contributed by atoms with van der Waals surface area (Å²) in [6.07, 6.45) is 1.30. The molecule has 1 aliphatic heterocycles. The van der Waals surface area contributed by atoms with Gasteiger partial charge in [0.1, 0.15) is 11.4 Å². The maximum atomic E-state index is 13.0. The fourth-order valence-corrected chi connectivity index (χ4v) is 2.51. The van der Waals surface area contributed by atoms with E-state index in [9.17, 15) is 18.8 Å². The van der Waals surface area contributed by atoms with Gasteiger partial charge in [0, 0.05) is 5.02 Å². The second kappa shape index (κ2) is 6.49. The Labute approximate surface area is 147 Å². The zero-order chi connectivity index (χ0) is 18.1. The summed E-state index contributed by atoms with van der Waals surface area (Å²) in [6.45, 7) is 1.79. The Hall–Kier alpha value is -2.99. The molecular formula is C18H12ClFN2O3. The lowest BCUT2D eigenvalue weighted by Crippen LogP contribution is -2.54. The molecule has 4 amide bonds. The molecule has 0 radical (unpaired) electrons. The van der Waals surface area contributed by atoms with E-state index in [1.54, 1.807) is 19.1 Å². The maximum Gasteiger partial charge on any atom is 0.335 e. The van der Waals surface area contributed by atoms with Crippen molar-refractivity contribution in [2.75, 3.05) is 4.90 Å². The minimum absolute atomic E-state index is 0.233. The van der Waals surface area contributed by atoms with E-state index in [0.717, 1.165) is 10.5 Å². The highest BCUT2D eigenvalue weighted by molar-refractivity contribution is 6.39. The molecule has 1 saturated heterocycles. The van der Waals surface area contributed by atoms with E-state index in [-0.39, 0.29) is 11.3 Å². The quantitative estimate of drug-likeness (QED) is 0.660. The summed E-state index contributed by atoms with van der Waals surface area (Å²) in [5, 5.41) is 2.50. The summed E-state index contributed by atoms with van der Waals surface area (Å²) in [5.41, 5.74) is 1.25. The van der Waals surface area contributed by atoms with Crippen molar-refractivity contribution in [1.82, 2.24) is 5.32 Å². The number of carbonyl (C=O) groups excluding carboxylic acids is 3. The van der Waals surface area contributed by atoms with E-state index < -0.39 is 23.7 Å². The second-order valence-electron chi connectivity index (χ2n) is 5.44. The van der Waals surface area contributed by atoms with E-state index in [4.69, 9.17) is 11.6 Å². The van der Waals surface area contributed by atoms with Gasteiger partial charge in [-0.05, 0) is 48.4 Å². The van der Waals surface area contributed by atoms with Crippen LogP contribution in [-0.2, 0) is 9.59 Å². The molecule has 1 N–H and O–H groups in total. The van der Waals surface area contributed by atoms with Crippen molar-refractivity contribution in [3.63, 3.8) is 0 Å². The van der Waals surface area contributed by atoms with Crippen molar-refractivity contribution in [1.29, 1.82) is 0 Å². The van der Waals surface area contributed by atoms with E-state index >= 15 is 0 Å². The zero-order valence-corrected chi connectivity index (χ0v) is 13.8. The highest BCUT2D eigenvalue weighted by Crippen LogP contribution is 2.26. The number of benzene rings is 2. The number of nitrogens with zero attached hydrogens (tertiary/aromatic N) is 1. The van der Waals surface area contributed by atoms with Gasteiger partial charge in [-0.25, -0.2) is 14.1 Å². The van der Waals surface area contributed by atoms with Crippen LogP contribution in [0.1, 0.15) is 11.1 Å². The molecule has 0 aromatic heterocycles. The third-order valence-corrected chi connectivity index (χ3v) is 4.10. The molecule has 5 nitrogen and oxygen atoms in total. The Balaban J connectivity index is 2.02. The van der Waals surface area contributed by atoms with Gasteiger partial charge in [-0.2, -0.15) is 0 Å². The summed E-state index contributed by atoms with van der Waals surface area (Å²) < 4.78 is 13.0. The fraction of sp³-hybridized carbons (Fsp3) is 0.0556. The number of imide groups is 2. The van der Waals surface area contributed by atoms with Crippen molar-refractivity contribution in [2.45, 2.75) is 6.92 Å². The van der Waals surface area contributed by atoms with Crippen LogP contribution in [0.2, 0.25) is 5.02 Å². The van der Waals surface area contributed by atoms with Crippen molar-refractivity contribution in [3.8, 4) is 0 Å². The van der Waals surface area contributed by atoms with Crippen LogP contribution < -0.4 is 10.2 Å². The average Bonchev–Trinajstić information content (AvgIpc) is 2.56. The number of aryl methyl sites for hydroxylation is 1. The van der Waals surface area contributed by atoms with Gasteiger partial charge < -0.3 is 0 Å². The largest absolute Gasteiger partial charge is 0.335 e. The standard InChI is InChI=1S/C18H12ClFN2O3/c1-10-2-7-13(9-15(10)19)22-17(24)14(16(23)21-18(22)25)8-11-3-5-12(20)6-4-11/h2-9H,1H3,(H,21,23,25). The van der Waals surface area contributed by atoms with Crippen LogP contribution >= 0.6 is 11.6 Å². The van der Waals surface area contributed by atoms with Gasteiger partial charge in [0.05, 0.1) is 5.69 Å². The predicted octanol–water partition coefficient (Wildman–Crippen LogP) is 3.45. The monoisotopic (exact) mass is 358 g/mol. The summed E-state index contributed by atoms with van der Waals surface area (Å²) in [5.74, 6) is -2.03. The maximum absolute atomic E-state index is 13.0. The normalized spacial score (nSPS) is 16.4. The molecule has 1 heterocycles. The van der Waals surface area contributed by atoms with Crippen LogP contribution in [0.25, 0.3) is 6.08 Å². The highest BCUT2D eigenvalue weighted by atomic mass is 35.5. The van der Waals surface area contributed by atoms with Crippen LogP contribution in [-0.4, -0.2) is 17.8 Å². The predicted molar refractivity (Wildman–Crippen MR) is 91.6 cm³/mol. The molecule has 3 rings (SSSR count). The van der Waals surface area contributed by atoms with Gasteiger partial charge in [-0.1, -0.05) is 29.8 Å². The van der Waals surface area contributed by atoms with Gasteiger partial charge >= 0.3 is 6.03 Å². The zero-order valence-electron chi connectivity index (χ0n) is 13.0. The molecule has 0 unspecified atom stereocenters. The molecule has 2 aromatic carbocycles. The molecule has 1 aliphatic rings. The first kappa shape index (κ1) is 16.9. The minimum atomic E-state index is -0.855. The van der Waals surface area contributed by atoms with Crippen molar-refractivity contribution >= 4 is 41.2 Å². The molecule has 2 aromatic rings. The second-order valence-corrected chi connectivity index (χ2v) is 5.85. The number of hydrogen-bond acceptors (Lipinski definition) is 3. The van der Waals surface area contributed by atoms with Crippen LogP contribution in [0.3, 0.4) is 0 Å². The third-order valence-electron chi connectivity index (χ3n) is 3.70. The smallest absolute Gasteiger partial charge is 0.273 e. The Morgan fingerprint density at radius 3 is 2.40 bits per heavy atom. The Bertz CT molecular complexity index is 922. The van der Waals surface area contributed by atoms with Crippen molar-refractivity contribution in [3.05, 3.63) is 70.0 Å². The Kier molecular flexibility index (Phi) is 4.37. The van der Waals surface area contributed by atoms with Gasteiger partial charge in [0.2, 0.25) is 0 Å². The van der Waals surface area contributed by atoms with Gasteiger partial charge in [-0.3, -0.25) is 14.9 Å². The first-order valence-electron chi connectivity index (χ1n) is 7.30. The number of rotatable bonds is 2. The molecule has 1 fully saturated rings. The van der Waals surface area contributed by atoms with Crippen LogP contribution in [0, 0.1) is 12.7 Å². The number of anilines is 1. The molecule has 0 bridgehead atoms. The molecule has 0 aliphatic carbocycles. The first-order valence-corrected chi connectivity index (χ1v) is 7.68. The molecule has 7 heteroatoms. The number of nitrogens with one attached hydrogen (secondary N) is 1. The van der Waals surface area contributed by atoms with Gasteiger partial charge in [0.15, 0.2) is 0 Å². The average molecular weight is 359 g/mol. The van der Waals surface area contributed by atoms with Crippen LogP contribution in [0.4, 0.5) is 14.9 Å². The summed E-state index contributed by atoms with van der Waals surface area (Å²) in [7, 11) is 0. The molecule has 0 spiro atoms. The number of carbonyl (C=O) groups is 3. The van der Waals surface area contributed by atoms with E-state index in [0.29, 0.717) is 10.6 Å². The Morgan fingerprint density at radius 1 is 1.08 bits per heavy atom. The van der Waals surface area contributed by atoms with E-state index in [1.807, 2.05) is 0 Å². The lowest BCUT2D eigenvalue weighted by atomic mass is 10.1. The lowest BCUT2D eigenvalue weighted by Gasteiger charge is -2.26. The topological polar surface area (TPSA) is 66.5 Å². The van der Waals surface area contributed by atoms with Crippen LogP contribution in [0.5, 0.6) is 0 Å². The lowest BCUT2D eigenvalue weighted by molar-refractivity contribution is -0.122. The number of barbiturate groups is 1. The number of halogens is 2. The Morgan fingerprint density at radius 2 is 1.76 bits per heavy atom. The summed E-state index contributed by atoms with van der Waals surface area (Å²) in [6, 6.07) is 9.10. The number of hydrogen-bond donors (Lipinski definition) is 1. The fourth-order valence-electron chi connectivity index (χ4n) is 2.34. The highest BCUT2D eigenvalue weighted by Gasteiger charge is 2.36. The first-order chi connectivity index (χ1) is 11.9. The third kappa shape index (κ3) is 3.29. The van der Waals surface area contributed by atoms with Crippen molar-refractivity contribution in [2.24, 2.45) is 0 Å². The van der Waals surface area contributed by atoms with Crippen molar-refractivity contribution < 1.29 is 18.8 Å². The SMILES string of the molecule is Cc1ccc(N2C(=O)NC(=O)C(=Cc3ccc(F)cc3)C2=O)cc1Cl. The molecular weight excluding hydrogens is 347 g/mol. The molecule has 126 valence electrons. The van der Waals surface area contributed by atoms with Gasteiger partial charge in [-0.15, -0.1) is 0 Å². The van der Waals surface area contributed by atoms with E-state index in [1.165, 1.54) is 36.4 Å². The summed E-state index contributed by atoms with van der Waals surface area (Å²) in [4.78, 5) is 37.7. The van der Waals surface area contributed by atoms with Crippen LogP contribution in [0.15, 0.2) is 48.0 Å².